The average molecular weight is 379 g/mol. The Kier molecular flexibility index (Phi) is 3.30. The molecule has 3 N–H and O–H groups in total. The van der Waals surface area contributed by atoms with E-state index in [0.717, 1.165) is 0 Å². The van der Waals surface area contributed by atoms with Crippen molar-refractivity contribution in [3.05, 3.63) is 65.2 Å². The monoisotopic (exact) mass is 379 g/mol. The van der Waals surface area contributed by atoms with E-state index in [2.05, 4.69) is 20.6 Å². The van der Waals surface area contributed by atoms with Crippen LogP contribution in [0.15, 0.2) is 42.5 Å². The molecule has 0 spiro atoms. The first-order valence-corrected chi connectivity index (χ1v) is 8.63. The molecule has 2 aliphatic heterocycles. The highest BCUT2D eigenvalue weighted by atomic mass is 19.1. The van der Waals surface area contributed by atoms with E-state index in [1.165, 1.54) is 17.0 Å². The van der Waals surface area contributed by atoms with Crippen LogP contribution in [0.5, 0.6) is 0 Å². The van der Waals surface area contributed by atoms with Crippen molar-refractivity contribution in [3.63, 3.8) is 0 Å². The van der Waals surface area contributed by atoms with Gasteiger partial charge in [-0.05, 0) is 29.8 Å². The zero-order valence-corrected chi connectivity index (χ0v) is 14.5. The van der Waals surface area contributed by atoms with E-state index in [4.69, 9.17) is 0 Å². The normalized spacial score (nSPS) is 21.2. The predicted molar refractivity (Wildman–Crippen MR) is 95.6 cm³/mol. The van der Waals surface area contributed by atoms with Gasteiger partial charge in [-0.25, -0.2) is 14.2 Å². The van der Waals surface area contributed by atoms with E-state index in [-0.39, 0.29) is 24.5 Å². The smallest absolute Gasteiger partial charge is 0.322 e. The number of halogens is 1. The van der Waals surface area contributed by atoms with Gasteiger partial charge in [0.05, 0.1) is 17.6 Å². The molecule has 5 rings (SSSR count). The zero-order valence-electron chi connectivity index (χ0n) is 14.5. The third kappa shape index (κ3) is 2.29. The summed E-state index contributed by atoms with van der Waals surface area (Å²) >= 11 is 0. The van der Waals surface area contributed by atoms with Crippen LogP contribution in [0.3, 0.4) is 0 Å². The number of imidazole rings is 1. The maximum atomic E-state index is 13.5. The van der Waals surface area contributed by atoms with Crippen molar-refractivity contribution in [2.24, 2.45) is 0 Å². The van der Waals surface area contributed by atoms with Crippen molar-refractivity contribution in [2.75, 3.05) is 6.54 Å². The molecule has 4 amide bonds. The first-order valence-electron chi connectivity index (χ1n) is 8.63. The van der Waals surface area contributed by atoms with Gasteiger partial charge >= 0.3 is 6.03 Å². The Labute approximate surface area is 157 Å². The number of carbonyl (C=O) groups is 3. The Morgan fingerprint density at radius 2 is 1.96 bits per heavy atom. The average Bonchev–Trinajstić information content (AvgIpc) is 3.31. The standard InChI is InChI=1S/C19H14FN5O3/c20-11-6-5-10-8-25(15(26)12(10)7-11)9-19(17(27)23-18(28)24-19)16-21-13-3-1-2-4-14(13)22-16/h1-7H,8-9H2,(H,21,22)(H2,23,24,27,28)/t19-/m0/s1. The van der Waals surface area contributed by atoms with Crippen LogP contribution in [0.2, 0.25) is 0 Å². The molecule has 2 aromatic carbocycles. The summed E-state index contributed by atoms with van der Waals surface area (Å²) in [5.74, 6) is -1.29. The fourth-order valence-corrected chi connectivity index (χ4v) is 3.75. The van der Waals surface area contributed by atoms with Crippen molar-refractivity contribution >= 4 is 28.9 Å². The van der Waals surface area contributed by atoms with E-state index >= 15 is 0 Å². The number of hydrogen-bond donors (Lipinski definition) is 3. The van der Waals surface area contributed by atoms with E-state index < -0.39 is 29.2 Å². The van der Waals surface area contributed by atoms with Gasteiger partial charge in [-0.3, -0.25) is 14.9 Å². The number of nitrogens with one attached hydrogen (secondary N) is 3. The number of benzene rings is 2. The van der Waals surface area contributed by atoms with Crippen molar-refractivity contribution in [2.45, 2.75) is 12.1 Å². The molecular weight excluding hydrogens is 365 g/mol. The Hall–Kier alpha value is -3.75. The molecule has 3 aromatic rings. The SMILES string of the molecule is O=C1NC(=O)[C@](CN2Cc3ccc(F)cc3C2=O)(c2nc3ccccc3[nH]2)N1. The summed E-state index contributed by atoms with van der Waals surface area (Å²) in [6, 6.07) is 10.5. The lowest BCUT2D eigenvalue weighted by molar-refractivity contribution is -0.125. The van der Waals surface area contributed by atoms with Gasteiger partial charge in [0.15, 0.2) is 5.54 Å². The molecule has 9 heteroatoms. The van der Waals surface area contributed by atoms with Crippen LogP contribution in [-0.4, -0.2) is 39.3 Å². The molecule has 1 fully saturated rings. The van der Waals surface area contributed by atoms with Crippen LogP contribution >= 0.6 is 0 Å². The fourth-order valence-electron chi connectivity index (χ4n) is 3.75. The molecule has 0 unspecified atom stereocenters. The van der Waals surface area contributed by atoms with Crippen molar-refractivity contribution in [1.29, 1.82) is 0 Å². The summed E-state index contributed by atoms with van der Waals surface area (Å²) in [5, 5.41) is 4.84. The lowest BCUT2D eigenvalue weighted by atomic mass is 9.98. The first kappa shape index (κ1) is 16.4. The molecule has 3 heterocycles. The number of nitrogens with zero attached hydrogens (tertiary/aromatic N) is 2. The number of H-pyrrole nitrogens is 1. The molecule has 1 aromatic heterocycles. The summed E-state index contributed by atoms with van der Waals surface area (Å²) in [6.07, 6.45) is 0. The second kappa shape index (κ2) is 5.62. The van der Waals surface area contributed by atoms with Gasteiger partial charge in [0.2, 0.25) is 0 Å². The minimum Gasteiger partial charge on any atom is -0.339 e. The van der Waals surface area contributed by atoms with Gasteiger partial charge in [0.1, 0.15) is 11.6 Å². The predicted octanol–water partition coefficient (Wildman–Crippen LogP) is 1.39. The molecule has 0 saturated carbocycles. The molecule has 0 radical (unpaired) electrons. The van der Waals surface area contributed by atoms with Crippen molar-refractivity contribution < 1.29 is 18.8 Å². The van der Waals surface area contributed by atoms with E-state index in [0.29, 0.717) is 16.6 Å². The van der Waals surface area contributed by atoms with Gasteiger partial charge in [-0.1, -0.05) is 18.2 Å². The Morgan fingerprint density at radius 3 is 2.71 bits per heavy atom. The maximum Gasteiger partial charge on any atom is 0.322 e. The lowest BCUT2D eigenvalue weighted by Gasteiger charge is -2.29. The van der Waals surface area contributed by atoms with Gasteiger partial charge in [-0.2, -0.15) is 0 Å². The van der Waals surface area contributed by atoms with Crippen LogP contribution in [0.1, 0.15) is 21.7 Å². The summed E-state index contributed by atoms with van der Waals surface area (Å²) in [6.45, 7) is 0.0686. The number of imide groups is 1. The van der Waals surface area contributed by atoms with Gasteiger partial charge < -0.3 is 15.2 Å². The highest BCUT2D eigenvalue weighted by Crippen LogP contribution is 2.31. The number of fused-ring (bicyclic) bond motifs is 2. The number of para-hydroxylation sites is 2. The molecular formula is C19H14FN5O3. The Bertz CT molecular complexity index is 1140. The number of hydrogen-bond acceptors (Lipinski definition) is 4. The highest BCUT2D eigenvalue weighted by molar-refractivity contribution is 6.08. The van der Waals surface area contributed by atoms with Crippen LogP contribution in [0, 0.1) is 5.82 Å². The van der Waals surface area contributed by atoms with E-state index in [1.807, 2.05) is 12.1 Å². The highest BCUT2D eigenvalue weighted by Gasteiger charge is 2.52. The largest absolute Gasteiger partial charge is 0.339 e. The molecule has 28 heavy (non-hydrogen) atoms. The van der Waals surface area contributed by atoms with Crippen LogP contribution < -0.4 is 10.6 Å². The number of aromatic amines is 1. The summed E-state index contributed by atoms with van der Waals surface area (Å²) < 4.78 is 13.5. The van der Waals surface area contributed by atoms with Crippen LogP contribution in [0.4, 0.5) is 9.18 Å². The Morgan fingerprint density at radius 1 is 1.14 bits per heavy atom. The van der Waals surface area contributed by atoms with E-state index in [9.17, 15) is 18.8 Å². The quantitative estimate of drug-likeness (QED) is 0.598. The van der Waals surface area contributed by atoms with Crippen LogP contribution in [0.25, 0.3) is 11.0 Å². The van der Waals surface area contributed by atoms with Crippen molar-refractivity contribution in [3.8, 4) is 0 Å². The first-order chi connectivity index (χ1) is 13.5. The van der Waals surface area contributed by atoms with E-state index in [1.54, 1.807) is 18.2 Å². The van der Waals surface area contributed by atoms with Crippen LogP contribution in [-0.2, 0) is 16.9 Å². The molecule has 0 aliphatic carbocycles. The minimum atomic E-state index is -1.56. The molecule has 140 valence electrons. The number of rotatable bonds is 3. The third-order valence-electron chi connectivity index (χ3n) is 5.11. The lowest BCUT2D eigenvalue weighted by Crippen LogP contribution is -2.53. The molecule has 8 nitrogen and oxygen atoms in total. The second-order valence-electron chi connectivity index (χ2n) is 6.88. The molecule has 1 atom stereocenters. The van der Waals surface area contributed by atoms with Gasteiger partial charge in [0.25, 0.3) is 11.8 Å². The number of aromatic nitrogens is 2. The summed E-state index contributed by atoms with van der Waals surface area (Å²) in [5.41, 5.74) is 0.681. The van der Waals surface area contributed by atoms with Gasteiger partial charge in [0, 0.05) is 12.1 Å². The topological polar surface area (TPSA) is 107 Å². The zero-order chi connectivity index (χ0) is 19.5. The minimum absolute atomic E-state index is 0.139. The van der Waals surface area contributed by atoms with Gasteiger partial charge in [-0.15, -0.1) is 0 Å². The number of carbonyl (C=O) groups excluding carboxylic acids is 3. The maximum absolute atomic E-state index is 13.5. The molecule has 1 saturated heterocycles. The van der Waals surface area contributed by atoms with Crippen molar-refractivity contribution in [1.82, 2.24) is 25.5 Å². The summed E-state index contributed by atoms with van der Waals surface area (Å²) in [7, 11) is 0. The number of urea groups is 1. The summed E-state index contributed by atoms with van der Waals surface area (Å²) in [4.78, 5) is 46.4. The fraction of sp³-hybridized carbons (Fsp3) is 0.158. The molecule has 2 aliphatic rings. The molecule has 0 bridgehead atoms. The Balaban J connectivity index is 1.56. The third-order valence-corrected chi connectivity index (χ3v) is 5.11. The number of amides is 4. The second-order valence-corrected chi connectivity index (χ2v) is 6.88.